The Morgan fingerprint density at radius 3 is 2.81 bits per heavy atom. The molecule has 5 rings (SSSR count). The molecule has 7 nitrogen and oxygen atoms in total. The molecule has 0 radical (unpaired) electrons. The van der Waals surface area contributed by atoms with Crippen LogP contribution >= 0.6 is 11.3 Å². The lowest BCUT2D eigenvalue weighted by Gasteiger charge is -2.22. The van der Waals surface area contributed by atoms with Crippen molar-refractivity contribution in [1.82, 2.24) is 20.2 Å². The average molecular weight is 457 g/mol. The van der Waals surface area contributed by atoms with Gasteiger partial charge in [0.15, 0.2) is 10.9 Å². The van der Waals surface area contributed by atoms with Crippen LogP contribution in [0.5, 0.6) is 0 Å². The van der Waals surface area contributed by atoms with Crippen molar-refractivity contribution in [2.24, 2.45) is 5.92 Å². The second kappa shape index (κ2) is 7.77. The van der Waals surface area contributed by atoms with E-state index in [-0.39, 0.29) is 18.1 Å². The van der Waals surface area contributed by atoms with Crippen LogP contribution < -0.4 is 10.2 Å². The Balaban J connectivity index is 1.61. The van der Waals surface area contributed by atoms with Crippen molar-refractivity contribution in [3.8, 4) is 11.3 Å². The molecule has 1 aromatic carbocycles. The van der Waals surface area contributed by atoms with Crippen LogP contribution in [-0.2, 0) is 11.2 Å². The number of anilines is 2. The van der Waals surface area contributed by atoms with E-state index < -0.39 is 12.1 Å². The monoisotopic (exact) mass is 456 g/mol. The zero-order valence-electron chi connectivity index (χ0n) is 17.9. The number of carbonyl (C=O) groups is 1. The Hall–Kier alpha value is -3.14. The number of aromatic amines is 1. The summed E-state index contributed by atoms with van der Waals surface area (Å²) >= 11 is 1.22. The maximum absolute atomic E-state index is 15.6. The van der Waals surface area contributed by atoms with Gasteiger partial charge in [-0.25, -0.2) is 18.7 Å². The molecule has 1 amide bonds. The molecule has 4 aromatic rings. The van der Waals surface area contributed by atoms with E-state index in [1.165, 1.54) is 11.3 Å². The van der Waals surface area contributed by atoms with E-state index in [9.17, 15) is 9.18 Å². The first-order valence-corrected chi connectivity index (χ1v) is 11.4. The number of hydrogen-bond acceptors (Lipinski definition) is 6. The highest BCUT2D eigenvalue weighted by atomic mass is 32.1. The van der Waals surface area contributed by atoms with E-state index >= 15 is 4.39 Å². The maximum atomic E-state index is 15.6. The second-order valence-electron chi connectivity index (χ2n) is 7.93. The molecule has 0 spiro atoms. The molecule has 0 aliphatic heterocycles. The maximum Gasteiger partial charge on any atom is 0.232 e. The predicted octanol–water partition coefficient (Wildman–Crippen LogP) is 4.69. The highest BCUT2D eigenvalue weighted by Gasteiger charge is 2.43. The number of thiazole rings is 1. The third kappa shape index (κ3) is 3.29. The topological polar surface area (TPSA) is 86.8 Å². The number of aromatic nitrogens is 4. The smallest absolute Gasteiger partial charge is 0.232 e. The Bertz CT molecular complexity index is 1350. The minimum absolute atomic E-state index is 0.258. The molecule has 2 N–H and O–H groups in total. The first-order valence-electron chi connectivity index (χ1n) is 10.5. The standard InChI is InChI=1S/C22H22F2N6OS/c1-4-10-16(12-9-25-29-18(12)19(17(10)24)30(3)5-2)14-6-7-15-21(26-14)32-22(27-15)28-20(31)11-8-13(11)23/h6-7,9,11,13H,4-5,8H2,1-3H3,(H,25,29)(H,27,28,31)/t11-,13+/m1/s1. The van der Waals surface area contributed by atoms with Gasteiger partial charge in [0.2, 0.25) is 5.91 Å². The predicted molar refractivity (Wildman–Crippen MR) is 122 cm³/mol. The molecular formula is C22H22F2N6OS. The molecular weight excluding hydrogens is 434 g/mol. The number of fused-ring (bicyclic) bond motifs is 2. The molecule has 3 heterocycles. The summed E-state index contributed by atoms with van der Waals surface area (Å²) in [7, 11) is 1.85. The van der Waals surface area contributed by atoms with Gasteiger partial charge in [-0.05, 0) is 37.5 Å². The van der Waals surface area contributed by atoms with Crippen LogP contribution in [-0.4, -0.2) is 45.8 Å². The summed E-state index contributed by atoms with van der Waals surface area (Å²) in [5.41, 5.74) is 3.62. The minimum atomic E-state index is -1.07. The molecule has 10 heteroatoms. The van der Waals surface area contributed by atoms with E-state index in [4.69, 9.17) is 4.98 Å². The second-order valence-corrected chi connectivity index (χ2v) is 8.91. The summed E-state index contributed by atoms with van der Waals surface area (Å²) in [4.78, 5) is 23.6. The van der Waals surface area contributed by atoms with Crippen LogP contribution in [0.1, 0.15) is 25.8 Å². The fourth-order valence-corrected chi connectivity index (χ4v) is 4.81. The fraction of sp³-hybridized carbons (Fsp3) is 0.364. The number of alkyl halides is 1. The lowest BCUT2D eigenvalue weighted by Crippen LogP contribution is -2.19. The van der Waals surface area contributed by atoms with Gasteiger partial charge >= 0.3 is 0 Å². The highest BCUT2D eigenvalue weighted by Crippen LogP contribution is 2.40. The zero-order valence-corrected chi connectivity index (χ0v) is 18.7. The molecule has 0 bridgehead atoms. The van der Waals surface area contributed by atoms with Crippen LogP contribution in [0.25, 0.3) is 32.5 Å². The van der Waals surface area contributed by atoms with Gasteiger partial charge in [-0.2, -0.15) is 5.10 Å². The molecule has 166 valence electrons. The SMILES string of the molecule is CCc1c(F)c(N(C)CC)c2[nH]ncc2c1-c1ccc2nc(NC(=O)[C@@H]3C[C@@H]3F)sc2n1. The lowest BCUT2D eigenvalue weighted by molar-refractivity contribution is -0.117. The number of pyridine rings is 1. The van der Waals surface area contributed by atoms with Crippen molar-refractivity contribution in [2.45, 2.75) is 32.9 Å². The molecule has 1 saturated carbocycles. The number of nitrogens with one attached hydrogen (secondary N) is 2. The average Bonchev–Trinajstić information content (AvgIpc) is 3.15. The van der Waals surface area contributed by atoms with E-state index in [2.05, 4.69) is 20.5 Å². The van der Waals surface area contributed by atoms with Gasteiger partial charge in [-0.3, -0.25) is 9.89 Å². The van der Waals surface area contributed by atoms with Gasteiger partial charge in [0.1, 0.15) is 16.5 Å². The number of carbonyl (C=O) groups excluding carboxylic acids is 1. The molecule has 2 atom stereocenters. The van der Waals surface area contributed by atoms with Gasteiger partial charge in [0, 0.05) is 24.5 Å². The summed E-state index contributed by atoms with van der Waals surface area (Å²) in [5, 5.41) is 11.0. The first kappa shape index (κ1) is 20.7. The number of amides is 1. The number of hydrogen-bond donors (Lipinski definition) is 2. The van der Waals surface area contributed by atoms with Crippen LogP contribution in [0, 0.1) is 11.7 Å². The fourth-order valence-electron chi connectivity index (χ4n) is 3.97. The van der Waals surface area contributed by atoms with E-state index in [1.807, 2.05) is 25.8 Å². The first-order chi connectivity index (χ1) is 15.4. The third-order valence-electron chi connectivity index (χ3n) is 5.92. The molecule has 32 heavy (non-hydrogen) atoms. The van der Waals surface area contributed by atoms with Crippen molar-refractivity contribution < 1.29 is 13.6 Å². The minimum Gasteiger partial charge on any atom is -0.371 e. The Morgan fingerprint density at radius 2 is 2.12 bits per heavy atom. The van der Waals surface area contributed by atoms with Crippen molar-refractivity contribution in [1.29, 1.82) is 0 Å². The number of rotatable bonds is 6. The van der Waals surface area contributed by atoms with E-state index in [0.717, 1.165) is 5.39 Å². The van der Waals surface area contributed by atoms with Gasteiger partial charge in [0.05, 0.1) is 29.0 Å². The summed E-state index contributed by atoms with van der Waals surface area (Å²) in [6.45, 7) is 4.53. The Labute approximate surface area is 186 Å². The summed E-state index contributed by atoms with van der Waals surface area (Å²) in [6.07, 6.45) is 1.38. The zero-order chi connectivity index (χ0) is 22.6. The number of nitrogens with zero attached hydrogens (tertiary/aromatic N) is 4. The third-order valence-corrected chi connectivity index (χ3v) is 6.80. The van der Waals surface area contributed by atoms with Crippen LogP contribution in [0.2, 0.25) is 0 Å². The molecule has 1 aliphatic rings. The number of halogens is 2. The van der Waals surface area contributed by atoms with E-state index in [1.54, 1.807) is 18.3 Å². The normalized spacial score (nSPS) is 17.8. The lowest BCUT2D eigenvalue weighted by atomic mass is 9.95. The summed E-state index contributed by atoms with van der Waals surface area (Å²) < 4.78 is 28.8. The van der Waals surface area contributed by atoms with Gasteiger partial charge in [0.25, 0.3) is 0 Å². The van der Waals surface area contributed by atoms with Crippen molar-refractivity contribution in [3.63, 3.8) is 0 Å². The quantitative estimate of drug-likeness (QED) is 0.440. The van der Waals surface area contributed by atoms with Crippen molar-refractivity contribution in [2.75, 3.05) is 23.8 Å². The molecule has 1 fully saturated rings. The summed E-state index contributed by atoms with van der Waals surface area (Å²) in [6, 6.07) is 3.60. The molecule has 3 aromatic heterocycles. The molecule has 1 aliphatic carbocycles. The molecule has 0 unspecified atom stereocenters. The summed E-state index contributed by atoms with van der Waals surface area (Å²) in [5.74, 6) is -1.23. The van der Waals surface area contributed by atoms with Crippen molar-refractivity contribution >= 4 is 49.3 Å². The van der Waals surface area contributed by atoms with E-state index in [0.29, 0.717) is 56.5 Å². The number of H-pyrrole nitrogens is 1. The van der Waals surface area contributed by atoms with Crippen LogP contribution in [0.4, 0.5) is 19.6 Å². The van der Waals surface area contributed by atoms with Gasteiger partial charge in [-0.15, -0.1) is 0 Å². The highest BCUT2D eigenvalue weighted by molar-refractivity contribution is 7.22. The van der Waals surface area contributed by atoms with Gasteiger partial charge < -0.3 is 10.2 Å². The van der Waals surface area contributed by atoms with Crippen molar-refractivity contribution in [3.05, 3.63) is 29.7 Å². The van der Waals surface area contributed by atoms with Gasteiger partial charge in [-0.1, -0.05) is 18.3 Å². The van der Waals surface area contributed by atoms with Crippen LogP contribution in [0.15, 0.2) is 18.3 Å². The Kier molecular flexibility index (Phi) is 5.04. The van der Waals surface area contributed by atoms with Crippen LogP contribution in [0.3, 0.4) is 0 Å². The molecule has 0 saturated heterocycles. The number of benzene rings is 1. The largest absolute Gasteiger partial charge is 0.371 e. The Morgan fingerprint density at radius 1 is 1.34 bits per heavy atom.